The van der Waals surface area contributed by atoms with Crippen LogP contribution in [0.15, 0.2) is 0 Å². The summed E-state index contributed by atoms with van der Waals surface area (Å²) in [5.41, 5.74) is -1.13. The largest absolute Gasteiger partial charge is 0.480 e. The van der Waals surface area contributed by atoms with Gasteiger partial charge < -0.3 is 20.4 Å². The highest BCUT2D eigenvalue weighted by molar-refractivity contribution is 5.86. The molecule has 6 nitrogen and oxygen atoms in total. The lowest BCUT2D eigenvalue weighted by Gasteiger charge is -2.38. The van der Waals surface area contributed by atoms with E-state index in [0.717, 1.165) is 25.7 Å². The predicted molar refractivity (Wildman–Crippen MR) is 73.3 cm³/mol. The van der Waals surface area contributed by atoms with Crippen LogP contribution in [-0.4, -0.2) is 51.8 Å². The van der Waals surface area contributed by atoms with Crippen molar-refractivity contribution in [2.75, 3.05) is 13.2 Å². The molecule has 0 radical (unpaired) electrons. The second-order valence-electron chi connectivity index (χ2n) is 6.15. The van der Waals surface area contributed by atoms with Crippen molar-refractivity contribution in [3.8, 4) is 0 Å². The number of carbonyl (C=O) groups excluding carboxylic acids is 1. The molecule has 2 aliphatic rings. The molecule has 3 N–H and O–H groups in total. The second kappa shape index (κ2) is 5.99. The average molecular weight is 284 g/mol. The molecule has 0 heterocycles. The van der Waals surface area contributed by atoms with Crippen LogP contribution in [0.1, 0.15) is 45.4 Å². The smallest absolute Gasteiger partial charge is 0.329 e. The monoisotopic (exact) mass is 284 g/mol. The molecule has 2 saturated carbocycles. The zero-order chi connectivity index (χ0) is 14.8. The number of carboxylic acids is 1. The van der Waals surface area contributed by atoms with E-state index < -0.39 is 11.5 Å². The number of aliphatic hydroxyl groups is 1. The number of carboxylic acid groups (broad SMARTS) is 1. The van der Waals surface area contributed by atoms with E-state index in [0.29, 0.717) is 18.8 Å². The minimum atomic E-state index is -1.13. The minimum Gasteiger partial charge on any atom is -0.480 e. The first kappa shape index (κ1) is 15.1. The fourth-order valence-electron chi connectivity index (χ4n) is 2.87. The summed E-state index contributed by atoms with van der Waals surface area (Å²) in [5, 5.41) is 21.3. The van der Waals surface area contributed by atoms with Gasteiger partial charge in [-0.25, -0.2) is 9.59 Å². The van der Waals surface area contributed by atoms with Gasteiger partial charge in [-0.3, -0.25) is 0 Å². The molecule has 0 aromatic rings. The normalized spacial score (nSPS) is 29.8. The Hall–Kier alpha value is -1.30. The molecule has 2 fully saturated rings. The number of nitrogens with zero attached hydrogens (tertiary/aromatic N) is 1. The van der Waals surface area contributed by atoms with Crippen molar-refractivity contribution in [1.29, 1.82) is 0 Å². The van der Waals surface area contributed by atoms with Gasteiger partial charge in [0.2, 0.25) is 0 Å². The van der Waals surface area contributed by atoms with Gasteiger partial charge in [0.05, 0.1) is 6.61 Å². The number of rotatable bonds is 5. The van der Waals surface area contributed by atoms with Gasteiger partial charge in [0.1, 0.15) is 5.54 Å². The van der Waals surface area contributed by atoms with Crippen LogP contribution in [0.3, 0.4) is 0 Å². The highest BCUT2D eigenvalue weighted by Gasteiger charge is 2.44. The third kappa shape index (κ3) is 3.23. The van der Waals surface area contributed by atoms with E-state index in [4.69, 9.17) is 5.11 Å². The summed E-state index contributed by atoms with van der Waals surface area (Å²) in [6.07, 6.45) is 4.46. The van der Waals surface area contributed by atoms with E-state index in [-0.39, 0.29) is 25.2 Å². The molecular formula is C14H24N2O4. The van der Waals surface area contributed by atoms with Crippen molar-refractivity contribution in [2.24, 2.45) is 5.92 Å². The summed E-state index contributed by atoms with van der Waals surface area (Å²) in [7, 11) is 0. The van der Waals surface area contributed by atoms with E-state index in [1.54, 1.807) is 4.90 Å². The molecule has 2 aliphatic carbocycles. The Morgan fingerprint density at radius 1 is 1.25 bits per heavy atom. The Bertz CT molecular complexity index is 373. The second-order valence-corrected chi connectivity index (χ2v) is 6.15. The highest BCUT2D eigenvalue weighted by Crippen LogP contribution is 2.33. The fraction of sp³-hybridized carbons (Fsp3) is 0.857. The summed E-state index contributed by atoms with van der Waals surface area (Å²) in [6, 6.07) is -0.186. The lowest BCUT2D eigenvalue weighted by molar-refractivity contribution is -0.146. The van der Waals surface area contributed by atoms with Crippen LogP contribution in [0, 0.1) is 5.92 Å². The highest BCUT2D eigenvalue weighted by atomic mass is 16.4. The van der Waals surface area contributed by atoms with Crippen molar-refractivity contribution >= 4 is 12.0 Å². The number of hydrogen-bond acceptors (Lipinski definition) is 3. The number of nitrogens with one attached hydrogen (secondary N) is 1. The third-order valence-electron chi connectivity index (χ3n) is 4.47. The zero-order valence-corrected chi connectivity index (χ0v) is 12.0. The van der Waals surface area contributed by atoms with Crippen LogP contribution in [0.5, 0.6) is 0 Å². The van der Waals surface area contributed by atoms with Crippen molar-refractivity contribution in [2.45, 2.75) is 57.0 Å². The van der Waals surface area contributed by atoms with Gasteiger partial charge in [0.15, 0.2) is 0 Å². The Balaban J connectivity index is 2.03. The molecule has 0 aromatic carbocycles. The first-order valence-corrected chi connectivity index (χ1v) is 7.41. The molecule has 114 valence electrons. The van der Waals surface area contributed by atoms with Gasteiger partial charge in [-0.05, 0) is 44.4 Å². The van der Waals surface area contributed by atoms with Crippen molar-refractivity contribution < 1.29 is 19.8 Å². The summed E-state index contributed by atoms with van der Waals surface area (Å²) in [5.74, 6) is -0.436. The molecule has 0 aliphatic heterocycles. The number of urea groups is 1. The summed E-state index contributed by atoms with van der Waals surface area (Å²) in [6.45, 7) is 2.28. The Kier molecular flexibility index (Phi) is 4.52. The summed E-state index contributed by atoms with van der Waals surface area (Å²) in [4.78, 5) is 25.5. The van der Waals surface area contributed by atoms with E-state index in [9.17, 15) is 14.7 Å². The lowest BCUT2D eigenvalue weighted by Crippen LogP contribution is -2.59. The maximum Gasteiger partial charge on any atom is 0.329 e. The Labute approximate surface area is 119 Å². The van der Waals surface area contributed by atoms with Crippen LogP contribution in [-0.2, 0) is 4.79 Å². The maximum atomic E-state index is 12.3. The van der Waals surface area contributed by atoms with Gasteiger partial charge in [0.25, 0.3) is 0 Å². The minimum absolute atomic E-state index is 0.0962. The topological polar surface area (TPSA) is 89.9 Å². The summed E-state index contributed by atoms with van der Waals surface area (Å²) < 4.78 is 0. The Morgan fingerprint density at radius 2 is 1.85 bits per heavy atom. The first-order chi connectivity index (χ1) is 9.48. The Morgan fingerprint density at radius 3 is 2.30 bits per heavy atom. The average Bonchev–Trinajstić information content (AvgIpc) is 3.23. The van der Waals surface area contributed by atoms with Gasteiger partial charge in [-0.15, -0.1) is 0 Å². The number of carbonyl (C=O) groups is 2. The first-order valence-electron chi connectivity index (χ1n) is 7.41. The number of aliphatic carboxylic acids is 1. The molecular weight excluding hydrogens is 260 g/mol. The molecule has 0 unspecified atom stereocenters. The van der Waals surface area contributed by atoms with E-state index in [1.807, 2.05) is 0 Å². The SMILES string of the molecule is CC1CCC(NC(=O)N(CCO)C2CC2)(C(=O)O)CC1. The van der Waals surface area contributed by atoms with Crippen LogP contribution >= 0.6 is 0 Å². The molecule has 0 atom stereocenters. The van der Waals surface area contributed by atoms with Gasteiger partial charge in [0, 0.05) is 12.6 Å². The van der Waals surface area contributed by atoms with E-state index in [2.05, 4.69) is 12.2 Å². The molecule has 20 heavy (non-hydrogen) atoms. The number of amides is 2. The van der Waals surface area contributed by atoms with Crippen LogP contribution in [0.4, 0.5) is 4.79 Å². The van der Waals surface area contributed by atoms with Crippen LogP contribution in [0.25, 0.3) is 0 Å². The molecule has 0 aromatic heterocycles. The van der Waals surface area contributed by atoms with Crippen LogP contribution in [0.2, 0.25) is 0 Å². The molecule has 2 amide bonds. The molecule has 6 heteroatoms. The lowest BCUT2D eigenvalue weighted by atomic mass is 9.77. The summed E-state index contributed by atoms with van der Waals surface area (Å²) >= 11 is 0. The zero-order valence-electron chi connectivity index (χ0n) is 12.0. The van der Waals surface area contributed by atoms with Crippen molar-refractivity contribution in [1.82, 2.24) is 10.2 Å². The third-order valence-corrected chi connectivity index (χ3v) is 4.47. The van der Waals surface area contributed by atoms with Crippen molar-refractivity contribution in [3.63, 3.8) is 0 Å². The molecule has 0 bridgehead atoms. The van der Waals surface area contributed by atoms with E-state index >= 15 is 0 Å². The standard InChI is InChI=1S/C14H24N2O4/c1-10-4-6-14(7-5-10,12(18)19)15-13(20)16(8-9-17)11-2-3-11/h10-11,17H,2-9H2,1H3,(H,15,20)(H,18,19). The molecule has 0 saturated heterocycles. The number of aliphatic hydroxyl groups excluding tert-OH is 1. The van der Waals surface area contributed by atoms with Crippen LogP contribution < -0.4 is 5.32 Å². The number of hydrogen-bond donors (Lipinski definition) is 3. The quantitative estimate of drug-likeness (QED) is 0.707. The van der Waals surface area contributed by atoms with Crippen molar-refractivity contribution in [3.05, 3.63) is 0 Å². The molecule has 0 spiro atoms. The van der Waals surface area contributed by atoms with Gasteiger partial charge in [-0.1, -0.05) is 6.92 Å². The predicted octanol–water partition coefficient (Wildman–Crippen LogP) is 1.19. The molecule has 2 rings (SSSR count). The van der Waals surface area contributed by atoms with E-state index in [1.165, 1.54) is 0 Å². The maximum absolute atomic E-state index is 12.3. The van der Waals surface area contributed by atoms with Gasteiger partial charge >= 0.3 is 12.0 Å². The fourth-order valence-corrected chi connectivity index (χ4v) is 2.87. The van der Waals surface area contributed by atoms with Gasteiger partial charge in [-0.2, -0.15) is 0 Å².